The molecule has 1 heterocycles. The Balaban J connectivity index is 1.52. The lowest BCUT2D eigenvalue weighted by Gasteiger charge is -2.28. The summed E-state index contributed by atoms with van der Waals surface area (Å²) in [5.74, 6) is 2.49. The quantitative estimate of drug-likeness (QED) is 0.895. The van der Waals surface area contributed by atoms with Crippen molar-refractivity contribution in [1.82, 2.24) is 20.3 Å². The van der Waals surface area contributed by atoms with Gasteiger partial charge in [0.1, 0.15) is 6.54 Å². The second-order valence-corrected chi connectivity index (χ2v) is 6.25. The highest BCUT2D eigenvalue weighted by molar-refractivity contribution is 5.75. The third-order valence-corrected chi connectivity index (χ3v) is 4.78. The molecule has 0 spiro atoms. The highest BCUT2D eigenvalue weighted by atomic mass is 16.2. The third-order valence-electron chi connectivity index (χ3n) is 4.78. The number of carbonyl (C=O) groups is 1. The standard InChI is InChI=1S/C14H22N4O/c1-9-7-18(17-16-9)8-14(19)15-10(2)13-6-11-3-4-12(13)5-11/h7,10-13H,3-6,8H2,1-2H3,(H,15,19). The Kier molecular flexibility index (Phi) is 3.29. The zero-order chi connectivity index (χ0) is 13.4. The summed E-state index contributed by atoms with van der Waals surface area (Å²) in [4.78, 5) is 12.0. The molecule has 0 aromatic carbocycles. The molecule has 5 nitrogen and oxygen atoms in total. The fourth-order valence-corrected chi connectivity index (χ4v) is 3.93. The first-order chi connectivity index (χ1) is 9.11. The number of carbonyl (C=O) groups excluding carboxylic acids is 1. The minimum Gasteiger partial charge on any atom is -0.352 e. The number of aryl methyl sites for hydroxylation is 1. The summed E-state index contributed by atoms with van der Waals surface area (Å²) in [5, 5.41) is 10.9. The van der Waals surface area contributed by atoms with Crippen LogP contribution in [0.2, 0.25) is 0 Å². The fourth-order valence-electron chi connectivity index (χ4n) is 3.93. The first-order valence-electron chi connectivity index (χ1n) is 7.28. The maximum absolute atomic E-state index is 12.0. The minimum absolute atomic E-state index is 0.0418. The van der Waals surface area contributed by atoms with Crippen LogP contribution in [0.3, 0.4) is 0 Å². The maximum atomic E-state index is 12.0. The van der Waals surface area contributed by atoms with E-state index in [0.29, 0.717) is 5.92 Å². The van der Waals surface area contributed by atoms with Crippen molar-refractivity contribution < 1.29 is 4.79 Å². The Morgan fingerprint density at radius 3 is 2.95 bits per heavy atom. The van der Waals surface area contributed by atoms with Crippen molar-refractivity contribution >= 4 is 5.91 Å². The zero-order valence-corrected chi connectivity index (χ0v) is 11.7. The van der Waals surface area contributed by atoms with Crippen LogP contribution in [0.1, 0.15) is 38.3 Å². The molecule has 104 valence electrons. The van der Waals surface area contributed by atoms with E-state index in [9.17, 15) is 4.79 Å². The van der Waals surface area contributed by atoms with E-state index in [4.69, 9.17) is 0 Å². The molecule has 0 aliphatic heterocycles. The van der Waals surface area contributed by atoms with E-state index in [2.05, 4.69) is 22.6 Å². The molecule has 1 aromatic rings. The molecule has 2 bridgehead atoms. The van der Waals surface area contributed by atoms with E-state index in [1.165, 1.54) is 25.7 Å². The van der Waals surface area contributed by atoms with Crippen molar-refractivity contribution in [2.24, 2.45) is 17.8 Å². The Hall–Kier alpha value is -1.39. The summed E-state index contributed by atoms with van der Waals surface area (Å²) in [7, 11) is 0. The van der Waals surface area contributed by atoms with Crippen LogP contribution in [0.25, 0.3) is 0 Å². The van der Waals surface area contributed by atoms with Gasteiger partial charge in [0.05, 0.1) is 5.69 Å². The molecule has 2 saturated carbocycles. The molecular formula is C14H22N4O. The topological polar surface area (TPSA) is 59.8 Å². The summed E-state index contributed by atoms with van der Waals surface area (Å²) in [6.07, 6.45) is 7.24. The third kappa shape index (κ3) is 2.65. The van der Waals surface area contributed by atoms with Crippen LogP contribution in [-0.4, -0.2) is 26.9 Å². The van der Waals surface area contributed by atoms with Crippen molar-refractivity contribution in [2.45, 2.75) is 52.1 Å². The molecule has 3 rings (SSSR count). The summed E-state index contributed by atoms with van der Waals surface area (Å²) >= 11 is 0. The van der Waals surface area contributed by atoms with Gasteiger partial charge in [-0.3, -0.25) is 4.79 Å². The molecule has 2 aliphatic carbocycles. The van der Waals surface area contributed by atoms with Gasteiger partial charge in [-0.25, -0.2) is 4.68 Å². The predicted octanol–water partition coefficient (Wildman–Crippen LogP) is 1.53. The van der Waals surface area contributed by atoms with Crippen molar-refractivity contribution in [1.29, 1.82) is 0 Å². The predicted molar refractivity (Wildman–Crippen MR) is 71.3 cm³/mol. The molecule has 19 heavy (non-hydrogen) atoms. The summed E-state index contributed by atoms with van der Waals surface area (Å²) in [6, 6.07) is 0.285. The van der Waals surface area contributed by atoms with Crippen LogP contribution in [0, 0.1) is 24.7 Å². The van der Waals surface area contributed by atoms with Gasteiger partial charge in [-0.05, 0) is 50.9 Å². The Morgan fingerprint density at radius 2 is 2.37 bits per heavy atom. The molecule has 2 fully saturated rings. The van der Waals surface area contributed by atoms with Crippen LogP contribution < -0.4 is 5.32 Å². The van der Waals surface area contributed by atoms with Gasteiger partial charge in [0.25, 0.3) is 0 Å². The average molecular weight is 262 g/mol. The summed E-state index contributed by atoms with van der Waals surface area (Å²) < 4.78 is 1.60. The van der Waals surface area contributed by atoms with Gasteiger partial charge < -0.3 is 5.32 Å². The van der Waals surface area contributed by atoms with Gasteiger partial charge in [-0.2, -0.15) is 0 Å². The van der Waals surface area contributed by atoms with Crippen LogP contribution >= 0.6 is 0 Å². The molecule has 1 aromatic heterocycles. The number of amides is 1. The summed E-state index contributed by atoms with van der Waals surface area (Å²) in [6.45, 7) is 4.29. The smallest absolute Gasteiger partial charge is 0.242 e. The number of nitrogens with one attached hydrogen (secondary N) is 1. The molecule has 0 saturated heterocycles. The van der Waals surface area contributed by atoms with Crippen LogP contribution in [0.15, 0.2) is 6.20 Å². The van der Waals surface area contributed by atoms with Gasteiger partial charge >= 0.3 is 0 Å². The number of hydrogen-bond donors (Lipinski definition) is 1. The van der Waals surface area contributed by atoms with Crippen molar-refractivity contribution in [3.05, 3.63) is 11.9 Å². The number of nitrogens with zero attached hydrogens (tertiary/aromatic N) is 3. The van der Waals surface area contributed by atoms with E-state index in [0.717, 1.165) is 17.5 Å². The van der Waals surface area contributed by atoms with Crippen LogP contribution in [-0.2, 0) is 11.3 Å². The van der Waals surface area contributed by atoms with Gasteiger partial charge in [0.2, 0.25) is 5.91 Å². The highest BCUT2D eigenvalue weighted by Crippen LogP contribution is 2.49. The molecule has 5 heteroatoms. The van der Waals surface area contributed by atoms with E-state index >= 15 is 0 Å². The Labute approximate surface area is 113 Å². The van der Waals surface area contributed by atoms with Crippen LogP contribution in [0.5, 0.6) is 0 Å². The average Bonchev–Trinajstić information content (AvgIpc) is 3.05. The van der Waals surface area contributed by atoms with Gasteiger partial charge in [-0.15, -0.1) is 5.10 Å². The van der Waals surface area contributed by atoms with Gasteiger partial charge in [0, 0.05) is 12.2 Å². The van der Waals surface area contributed by atoms with E-state index in [1.807, 2.05) is 6.92 Å². The summed E-state index contributed by atoms with van der Waals surface area (Å²) in [5.41, 5.74) is 0.842. The number of hydrogen-bond acceptors (Lipinski definition) is 3. The largest absolute Gasteiger partial charge is 0.352 e. The molecular weight excluding hydrogens is 240 g/mol. The fraction of sp³-hybridized carbons (Fsp3) is 0.786. The second kappa shape index (κ2) is 4.94. The monoisotopic (exact) mass is 262 g/mol. The Morgan fingerprint density at radius 1 is 1.53 bits per heavy atom. The normalized spacial score (nSPS) is 30.5. The van der Waals surface area contributed by atoms with E-state index < -0.39 is 0 Å². The van der Waals surface area contributed by atoms with E-state index in [1.54, 1.807) is 10.9 Å². The highest BCUT2D eigenvalue weighted by Gasteiger charge is 2.42. The molecule has 1 N–H and O–H groups in total. The lowest BCUT2D eigenvalue weighted by atomic mass is 9.84. The second-order valence-electron chi connectivity index (χ2n) is 6.25. The molecule has 0 radical (unpaired) electrons. The van der Waals surface area contributed by atoms with Crippen molar-refractivity contribution in [2.75, 3.05) is 0 Å². The minimum atomic E-state index is 0.0418. The van der Waals surface area contributed by atoms with Gasteiger partial charge in [-0.1, -0.05) is 11.6 Å². The van der Waals surface area contributed by atoms with Crippen LogP contribution in [0.4, 0.5) is 0 Å². The number of aromatic nitrogens is 3. The molecule has 2 aliphatic rings. The van der Waals surface area contributed by atoms with Gasteiger partial charge in [0.15, 0.2) is 0 Å². The molecule has 4 atom stereocenters. The zero-order valence-electron chi connectivity index (χ0n) is 11.7. The lowest BCUT2D eigenvalue weighted by molar-refractivity contribution is -0.123. The number of rotatable bonds is 4. The SMILES string of the molecule is Cc1cn(CC(=O)NC(C)C2CC3CCC2C3)nn1. The number of fused-ring (bicyclic) bond motifs is 2. The first kappa shape index (κ1) is 12.6. The Bertz CT molecular complexity index is 470. The lowest BCUT2D eigenvalue weighted by Crippen LogP contribution is -2.41. The molecule has 1 amide bonds. The van der Waals surface area contributed by atoms with E-state index in [-0.39, 0.29) is 18.5 Å². The first-order valence-corrected chi connectivity index (χ1v) is 7.28. The van der Waals surface area contributed by atoms with Crippen molar-refractivity contribution in [3.63, 3.8) is 0 Å². The molecule has 4 unspecified atom stereocenters. The van der Waals surface area contributed by atoms with Crippen molar-refractivity contribution in [3.8, 4) is 0 Å². The maximum Gasteiger partial charge on any atom is 0.242 e.